The molecule has 3 aromatic rings. The summed E-state index contributed by atoms with van der Waals surface area (Å²) in [5.74, 6) is 0. The van der Waals surface area contributed by atoms with Gasteiger partial charge in [-0.3, -0.25) is 0 Å². The van der Waals surface area contributed by atoms with Crippen molar-refractivity contribution in [3.05, 3.63) is 48.5 Å². The highest BCUT2D eigenvalue weighted by Gasteiger charge is 2.14. The summed E-state index contributed by atoms with van der Waals surface area (Å²) < 4.78 is 0. The van der Waals surface area contributed by atoms with Crippen LogP contribution in [-0.2, 0) is 0 Å². The normalized spacial score (nSPS) is 10.1. The van der Waals surface area contributed by atoms with Crippen LogP contribution in [-0.4, -0.2) is 25.4 Å². The zero-order valence-electron chi connectivity index (χ0n) is 9.78. The van der Waals surface area contributed by atoms with Crippen molar-refractivity contribution in [2.75, 3.05) is 0 Å². The van der Waals surface area contributed by atoms with Crippen molar-refractivity contribution in [2.24, 2.45) is 0 Å². The maximum absolute atomic E-state index is 9.26. The fraction of sp³-hybridized carbons (Fsp3) is 0. The molecule has 0 saturated heterocycles. The van der Waals surface area contributed by atoms with Gasteiger partial charge in [0, 0.05) is 17.3 Å². The molecule has 0 aliphatic rings. The second kappa shape index (κ2) is 4.66. The van der Waals surface area contributed by atoms with Gasteiger partial charge in [0.15, 0.2) is 0 Å². The Balaban J connectivity index is 2.30. The Hall–Kier alpha value is -3.07. The number of aromatic amines is 1. The van der Waals surface area contributed by atoms with Crippen molar-refractivity contribution in [3.63, 3.8) is 0 Å². The number of hydrogen-bond donors (Lipinski definition) is 1. The van der Waals surface area contributed by atoms with Crippen molar-refractivity contribution in [1.29, 1.82) is 5.26 Å². The molecule has 6 heteroatoms. The van der Waals surface area contributed by atoms with Gasteiger partial charge in [0.25, 0.3) is 0 Å². The third kappa shape index (κ3) is 1.93. The Kier molecular flexibility index (Phi) is 2.71. The molecule has 0 bridgehead atoms. The summed E-state index contributed by atoms with van der Waals surface area (Å²) in [7, 11) is 0. The lowest BCUT2D eigenvalue weighted by molar-refractivity contribution is 0.942. The van der Waals surface area contributed by atoms with Crippen molar-refractivity contribution in [1.82, 2.24) is 25.4 Å². The van der Waals surface area contributed by atoms with E-state index in [2.05, 4.69) is 31.4 Å². The second-order valence-corrected chi connectivity index (χ2v) is 3.79. The van der Waals surface area contributed by atoms with E-state index in [0.29, 0.717) is 17.0 Å². The molecule has 0 atom stereocenters. The van der Waals surface area contributed by atoms with Gasteiger partial charge >= 0.3 is 0 Å². The molecule has 19 heavy (non-hydrogen) atoms. The Morgan fingerprint density at radius 2 is 2.11 bits per heavy atom. The van der Waals surface area contributed by atoms with Crippen molar-refractivity contribution in [3.8, 4) is 28.6 Å². The van der Waals surface area contributed by atoms with Crippen LogP contribution in [0.1, 0.15) is 5.56 Å². The molecule has 6 nitrogen and oxygen atoms in total. The molecule has 3 rings (SSSR count). The minimum absolute atomic E-state index is 0.541. The lowest BCUT2D eigenvalue weighted by atomic mass is 9.97. The lowest BCUT2D eigenvalue weighted by Crippen LogP contribution is -1.93. The average molecular weight is 248 g/mol. The number of H-pyrrole nitrogens is 1. The number of rotatable bonds is 2. The van der Waals surface area contributed by atoms with E-state index in [9.17, 15) is 5.26 Å². The zero-order valence-corrected chi connectivity index (χ0v) is 9.78. The third-order valence-corrected chi connectivity index (χ3v) is 2.71. The first kappa shape index (κ1) is 11.0. The maximum atomic E-state index is 9.26. The Morgan fingerprint density at radius 1 is 1.16 bits per heavy atom. The number of aromatic nitrogens is 5. The number of benzene rings is 1. The van der Waals surface area contributed by atoms with Gasteiger partial charge in [0.2, 0.25) is 0 Å². The molecule has 0 spiro atoms. The van der Waals surface area contributed by atoms with Crippen molar-refractivity contribution in [2.45, 2.75) is 0 Å². The summed E-state index contributed by atoms with van der Waals surface area (Å²) in [6.07, 6.45) is 4.71. The zero-order chi connectivity index (χ0) is 13.1. The predicted octanol–water partition coefficient (Wildman–Crippen LogP) is 1.80. The van der Waals surface area contributed by atoms with Gasteiger partial charge in [0.1, 0.15) is 12.0 Å². The quantitative estimate of drug-likeness (QED) is 0.746. The van der Waals surface area contributed by atoms with Crippen LogP contribution >= 0.6 is 0 Å². The maximum Gasteiger partial charge on any atom is 0.116 e. The lowest BCUT2D eigenvalue weighted by Gasteiger charge is -2.08. The molecule has 0 fully saturated rings. The summed E-state index contributed by atoms with van der Waals surface area (Å²) in [5.41, 5.74) is 3.45. The van der Waals surface area contributed by atoms with Crippen LogP contribution in [0.2, 0.25) is 0 Å². The molecule has 2 heterocycles. The van der Waals surface area contributed by atoms with Crippen molar-refractivity contribution >= 4 is 0 Å². The molecule has 0 unspecified atom stereocenters. The van der Waals surface area contributed by atoms with Gasteiger partial charge in [-0.25, -0.2) is 9.97 Å². The smallest absolute Gasteiger partial charge is 0.116 e. The van der Waals surface area contributed by atoms with Gasteiger partial charge in [-0.2, -0.15) is 20.7 Å². The molecule has 2 aromatic heterocycles. The first-order chi connectivity index (χ1) is 9.40. The first-order valence-corrected chi connectivity index (χ1v) is 5.56. The molecule has 0 aliphatic carbocycles. The van der Waals surface area contributed by atoms with Crippen LogP contribution < -0.4 is 0 Å². The summed E-state index contributed by atoms with van der Waals surface area (Å²) in [6, 6.07) is 9.39. The highest BCUT2D eigenvalue weighted by atomic mass is 15.3. The fourth-order valence-corrected chi connectivity index (χ4v) is 1.90. The number of nitrogens with one attached hydrogen (secondary N) is 1. The van der Waals surface area contributed by atoms with E-state index in [1.54, 1.807) is 24.5 Å². The summed E-state index contributed by atoms with van der Waals surface area (Å²) in [6.45, 7) is 0. The summed E-state index contributed by atoms with van der Waals surface area (Å²) in [5, 5.41) is 19.7. The molecule has 0 aliphatic heterocycles. The van der Waals surface area contributed by atoms with E-state index in [-0.39, 0.29) is 0 Å². The SMILES string of the molecule is N#Cc1cccc(-c2cn[nH]n2)c1-c1ccncn1. The Labute approximate surface area is 108 Å². The molecule has 0 saturated carbocycles. The van der Waals surface area contributed by atoms with E-state index >= 15 is 0 Å². The van der Waals surface area contributed by atoms with Gasteiger partial charge in [-0.05, 0) is 12.1 Å². The largest absolute Gasteiger partial charge is 0.245 e. The topological polar surface area (TPSA) is 91.1 Å². The highest BCUT2D eigenvalue weighted by molar-refractivity contribution is 5.83. The Morgan fingerprint density at radius 3 is 2.79 bits per heavy atom. The molecule has 0 radical (unpaired) electrons. The second-order valence-electron chi connectivity index (χ2n) is 3.79. The molecule has 90 valence electrons. The van der Waals surface area contributed by atoms with Crippen LogP contribution in [0.15, 0.2) is 43.0 Å². The van der Waals surface area contributed by atoms with Crippen LogP contribution in [0.5, 0.6) is 0 Å². The van der Waals surface area contributed by atoms with Gasteiger partial charge < -0.3 is 0 Å². The monoisotopic (exact) mass is 248 g/mol. The summed E-state index contributed by atoms with van der Waals surface area (Å²) in [4.78, 5) is 8.10. The molecular formula is C13H8N6. The number of nitrogens with zero attached hydrogens (tertiary/aromatic N) is 5. The molecular weight excluding hydrogens is 240 g/mol. The average Bonchev–Trinajstić information content (AvgIpc) is 3.01. The van der Waals surface area contributed by atoms with Crippen LogP contribution in [0.3, 0.4) is 0 Å². The van der Waals surface area contributed by atoms with Crippen LogP contribution in [0.25, 0.3) is 22.5 Å². The van der Waals surface area contributed by atoms with E-state index in [4.69, 9.17) is 0 Å². The first-order valence-electron chi connectivity index (χ1n) is 5.56. The number of hydrogen-bond acceptors (Lipinski definition) is 5. The molecule has 0 amide bonds. The van der Waals surface area contributed by atoms with E-state index in [0.717, 1.165) is 11.1 Å². The summed E-state index contributed by atoms with van der Waals surface area (Å²) >= 11 is 0. The molecule has 1 N–H and O–H groups in total. The standard InChI is InChI=1S/C13H8N6/c14-6-9-2-1-3-10(12-7-17-19-18-12)13(9)11-4-5-15-8-16-11/h1-5,7-8H,(H,17,18,19). The van der Waals surface area contributed by atoms with E-state index in [1.165, 1.54) is 6.33 Å². The highest BCUT2D eigenvalue weighted by Crippen LogP contribution is 2.31. The van der Waals surface area contributed by atoms with E-state index < -0.39 is 0 Å². The Bertz CT molecular complexity index is 728. The fourth-order valence-electron chi connectivity index (χ4n) is 1.90. The van der Waals surface area contributed by atoms with Crippen LogP contribution in [0, 0.1) is 11.3 Å². The van der Waals surface area contributed by atoms with Crippen molar-refractivity contribution < 1.29 is 0 Å². The number of nitriles is 1. The van der Waals surface area contributed by atoms with E-state index in [1.807, 2.05) is 12.1 Å². The molecule has 1 aromatic carbocycles. The third-order valence-electron chi connectivity index (χ3n) is 2.71. The minimum Gasteiger partial charge on any atom is -0.245 e. The van der Waals surface area contributed by atoms with Crippen LogP contribution in [0.4, 0.5) is 0 Å². The van der Waals surface area contributed by atoms with Gasteiger partial charge in [-0.1, -0.05) is 12.1 Å². The van der Waals surface area contributed by atoms with Gasteiger partial charge in [0.05, 0.1) is 23.5 Å². The minimum atomic E-state index is 0.541. The predicted molar refractivity (Wildman–Crippen MR) is 67.6 cm³/mol. The van der Waals surface area contributed by atoms with Gasteiger partial charge in [-0.15, -0.1) is 0 Å².